The molecule has 0 N–H and O–H groups in total. The summed E-state index contributed by atoms with van der Waals surface area (Å²) in [6.07, 6.45) is -6.80. The van der Waals surface area contributed by atoms with E-state index < -0.39 is 35.8 Å². The highest BCUT2D eigenvalue weighted by Crippen LogP contribution is 2.40. The molecule has 0 aromatic heterocycles. The number of benzene rings is 2. The van der Waals surface area contributed by atoms with Crippen LogP contribution in [-0.4, -0.2) is 61.1 Å². The second-order valence-electron chi connectivity index (χ2n) is 8.71. The average Bonchev–Trinajstić information content (AvgIpc) is 2.85. The molecule has 1 saturated heterocycles. The van der Waals surface area contributed by atoms with Crippen molar-refractivity contribution in [3.05, 3.63) is 71.8 Å². The van der Waals surface area contributed by atoms with Crippen molar-refractivity contribution in [2.75, 3.05) is 21.1 Å². The van der Waals surface area contributed by atoms with Crippen LogP contribution in [0.15, 0.2) is 65.7 Å². The third-order valence-electron chi connectivity index (χ3n) is 5.84. The molecule has 1 heterocycles. The molecule has 5 atom stereocenters. The summed E-state index contributed by atoms with van der Waals surface area (Å²) in [4.78, 5) is 6.06. The van der Waals surface area contributed by atoms with Crippen molar-refractivity contribution in [2.45, 2.75) is 56.5 Å². The Labute approximate surface area is 209 Å². The number of halogens is 3. The molecule has 0 saturated carbocycles. The van der Waals surface area contributed by atoms with Crippen LogP contribution in [0.2, 0.25) is 0 Å². The van der Waals surface area contributed by atoms with Gasteiger partial charge in [-0.3, -0.25) is 4.99 Å². The summed E-state index contributed by atoms with van der Waals surface area (Å²) < 4.78 is 60.2. The standard InChI is InChI=1S/C26H33F3N2O3S/c1-18(26(27,28)29)23-24(33-17-20-13-9-6-10-14-20)21(32-16-19-11-7-5-8-12-19)15-22(34-23)35-25(30-2)31(3)4/h5-14,18,21-24H,15-17H2,1-4H3/t18?,21?,22-,23?,24+/m1/s1. The molecular weight excluding hydrogens is 477 g/mol. The van der Waals surface area contributed by atoms with Crippen molar-refractivity contribution in [1.82, 2.24) is 4.90 Å². The molecule has 2 aromatic carbocycles. The first-order chi connectivity index (χ1) is 16.7. The number of aliphatic imine (C=N–C) groups is 1. The number of ether oxygens (including phenoxy) is 3. The predicted molar refractivity (Wildman–Crippen MR) is 133 cm³/mol. The Morgan fingerprint density at radius 1 is 1.03 bits per heavy atom. The number of alkyl halides is 3. The second-order valence-corrected chi connectivity index (χ2v) is 9.84. The van der Waals surface area contributed by atoms with Crippen molar-refractivity contribution in [3.63, 3.8) is 0 Å². The highest BCUT2D eigenvalue weighted by molar-refractivity contribution is 8.14. The molecule has 0 spiro atoms. The van der Waals surface area contributed by atoms with E-state index >= 15 is 0 Å². The van der Waals surface area contributed by atoms with E-state index in [-0.39, 0.29) is 13.2 Å². The number of hydrogen-bond acceptors (Lipinski definition) is 5. The van der Waals surface area contributed by atoms with Gasteiger partial charge in [-0.2, -0.15) is 13.2 Å². The fraction of sp³-hybridized carbons (Fsp3) is 0.500. The van der Waals surface area contributed by atoms with Crippen LogP contribution in [0.1, 0.15) is 24.5 Å². The van der Waals surface area contributed by atoms with Gasteiger partial charge in [0.15, 0.2) is 5.17 Å². The summed E-state index contributed by atoms with van der Waals surface area (Å²) >= 11 is 1.30. The smallest absolute Gasteiger partial charge is 0.371 e. The van der Waals surface area contributed by atoms with Crippen molar-refractivity contribution < 1.29 is 27.4 Å². The highest BCUT2D eigenvalue weighted by Gasteiger charge is 2.51. The average molecular weight is 511 g/mol. The normalized spacial score (nSPS) is 24.3. The van der Waals surface area contributed by atoms with Crippen LogP contribution in [0.5, 0.6) is 0 Å². The van der Waals surface area contributed by atoms with Crippen LogP contribution in [-0.2, 0) is 27.4 Å². The first-order valence-corrected chi connectivity index (χ1v) is 12.4. The van der Waals surface area contributed by atoms with Crippen LogP contribution in [0.25, 0.3) is 0 Å². The van der Waals surface area contributed by atoms with Crippen LogP contribution in [0.4, 0.5) is 13.2 Å². The maximum atomic E-state index is 13.9. The fourth-order valence-electron chi connectivity index (χ4n) is 3.89. The van der Waals surface area contributed by atoms with E-state index in [0.717, 1.165) is 18.1 Å². The largest absolute Gasteiger partial charge is 0.394 e. The van der Waals surface area contributed by atoms with Gasteiger partial charge in [0.25, 0.3) is 0 Å². The molecule has 1 aliphatic rings. The summed E-state index contributed by atoms with van der Waals surface area (Å²) in [5.74, 6) is -1.74. The Kier molecular flexibility index (Phi) is 10.0. The lowest BCUT2D eigenvalue weighted by Crippen LogP contribution is -2.55. The molecule has 9 heteroatoms. The van der Waals surface area contributed by atoms with Gasteiger partial charge in [-0.1, -0.05) is 79.3 Å². The van der Waals surface area contributed by atoms with Gasteiger partial charge in [-0.15, -0.1) is 0 Å². The molecule has 5 nitrogen and oxygen atoms in total. The van der Waals surface area contributed by atoms with E-state index in [1.165, 1.54) is 11.8 Å². The van der Waals surface area contributed by atoms with Crippen molar-refractivity contribution >= 4 is 16.9 Å². The lowest BCUT2D eigenvalue weighted by atomic mass is 9.91. The molecule has 192 valence electrons. The molecule has 0 amide bonds. The Balaban J connectivity index is 1.87. The van der Waals surface area contributed by atoms with E-state index in [0.29, 0.717) is 11.6 Å². The lowest BCUT2D eigenvalue weighted by molar-refractivity contribution is -0.257. The Hall–Kier alpha value is -2.07. The quantitative estimate of drug-likeness (QED) is 0.334. The zero-order valence-corrected chi connectivity index (χ0v) is 21.3. The molecule has 0 bridgehead atoms. The van der Waals surface area contributed by atoms with Gasteiger partial charge in [0.2, 0.25) is 0 Å². The summed E-state index contributed by atoms with van der Waals surface area (Å²) in [5, 5.41) is 0.666. The lowest BCUT2D eigenvalue weighted by Gasteiger charge is -2.44. The molecular formula is C26H33F3N2O3S. The highest BCUT2D eigenvalue weighted by atomic mass is 32.2. The minimum Gasteiger partial charge on any atom is -0.371 e. The van der Waals surface area contributed by atoms with Crippen molar-refractivity contribution in [1.29, 1.82) is 0 Å². The monoisotopic (exact) mass is 510 g/mol. The van der Waals surface area contributed by atoms with Crippen LogP contribution < -0.4 is 0 Å². The third kappa shape index (κ3) is 7.96. The topological polar surface area (TPSA) is 43.3 Å². The Morgan fingerprint density at radius 2 is 1.57 bits per heavy atom. The summed E-state index contributed by atoms with van der Waals surface area (Å²) in [5.41, 5.74) is 1.25. The summed E-state index contributed by atoms with van der Waals surface area (Å²) in [6.45, 7) is 1.58. The number of hydrogen-bond donors (Lipinski definition) is 0. The molecule has 0 aliphatic carbocycles. The van der Waals surface area contributed by atoms with Gasteiger partial charge in [0.1, 0.15) is 11.5 Å². The minimum atomic E-state index is -4.45. The Morgan fingerprint density at radius 3 is 2.06 bits per heavy atom. The zero-order valence-electron chi connectivity index (χ0n) is 20.4. The third-order valence-corrected chi connectivity index (χ3v) is 7.16. The van der Waals surface area contributed by atoms with Gasteiger partial charge in [-0.05, 0) is 11.1 Å². The molecule has 3 rings (SSSR count). The number of nitrogens with zero attached hydrogens (tertiary/aromatic N) is 2. The van der Waals surface area contributed by atoms with Crippen molar-refractivity contribution in [3.8, 4) is 0 Å². The van der Waals surface area contributed by atoms with Crippen LogP contribution in [0.3, 0.4) is 0 Å². The van der Waals surface area contributed by atoms with Crippen molar-refractivity contribution in [2.24, 2.45) is 10.9 Å². The SMILES string of the molecule is CN=C(S[C@@H]1CC(OCc2ccccc2)[C@H](OCc2ccccc2)C(C(C)C(F)(F)F)O1)N(C)C. The molecule has 0 radical (unpaired) electrons. The van der Waals surface area contributed by atoms with E-state index in [2.05, 4.69) is 4.99 Å². The summed E-state index contributed by atoms with van der Waals surface area (Å²) in [6, 6.07) is 18.9. The molecule has 1 fully saturated rings. The fourth-order valence-corrected chi connectivity index (χ4v) is 4.91. The van der Waals surface area contributed by atoms with Gasteiger partial charge in [0.05, 0.1) is 31.3 Å². The van der Waals surface area contributed by atoms with E-state index in [1.807, 2.05) is 79.7 Å². The zero-order chi connectivity index (χ0) is 25.4. The maximum Gasteiger partial charge on any atom is 0.394 e. The van der Waals surface area contributed by atoms with E-state index in [4.69, 9.17) is 14.2 Å². The predicted octanol–water partition coefficient (Wildman–Crippen LogP) is 5.75. The second kappa shape index (κ2) is 12.8. The van der Waals surface area contributed by atoms with E-state index in [9.17, 15) is 13.2 Å². The number of thioether (sulfide) groups is 1. The van der Waals surface area contributed by atoms with Crippen LogP contribution in [0, 0.1) is 5.92 Å². The van der Waals surface area contributed by atoms with Gasteiger partial charge < -0.3 is 19.1 Å². The van der Waals surface area contributed by atoms with Crippen LogP contribution >= 0.6 is 11.8 Å². The first kappa shape index (κ1) is 27.5. The minimum absolute atomic E-state index is 0.165. The first-order valence-electron chi connectivity index (χ1n) is 11.5. The summed E-state index contributed by atoms with van der Waals surface area (Å²) in [7, 11) is 5.32. The Bertz CT molecular complexity index is 928. The maximum absolute atomic E-state index is 13.9. The molecule has 3 unspecified atom stereocenters. The van der Waals surface area contributed by atoms with Gasteiger partial charge in [-0.25, -0.2) is 0 Å². The molecule has 1 aliphatic heterocycles. The molecule has 2 aromatic rings. The molecule has 35 heavy (non-hydrogen) atoms. The number of amidine groups is 1. The van der Waals surface area contributed by atoms with Gasteiger partial charge in [0, 0.05) is 27.6 Å². The van der Waals surface area contributed by atoms with Gasteiger partial charge >= 0.3 is 6.18 Å². The number of rotatable bonds is 8. The van der Waals surface area contributed by atoms with E-state index in [1.54, 1.807) is 7.05 Å².